The fourth-order valence-corrected chi connectivity index (χ4v) is 2.89. The first-order chi connectivity index (χ1) is 11.0. The van der Waals surface area contributed by atoms with Gasteiger partial charge in [0.2, 0.25) is 0 Å². The maximum atomic E-state index is 12.6. The summed E-state index contributed by atoms with van der Waals surface area (Å²) in [6, 6.07) is 1.84. The van der Waals surface area contributed by atoms with E-state index in [0.29, 0.717) is 12.1 Å². The lowest BCUT2D eigenvalue weighted by molar-refractivity contribution is 0.0953. The quantitative estimate of drug-likeness (QED) is 0.794. The molecule has 0 saturated heterocycles. The van der Waals surface area contributed by atoms with E-state index in [0.717, 1.165) is 48.5 Å². The van der Waals surface area contributed by atoms with Gasteiger partial charge in [-0.1, -0.05) is 13.8 Å². The van der Waals surface area contributed by atoms with Crippen molar-refractivity contribution in [3.05, 3.63) is 23.0 Å². The molecule has 126 valence electrons. The topological polar surface area (TPSA) is 63.1 Å². The van der Waals surface area contributed by atoms with E-state index in [-0.39, 0.29) is 5.91 Å². The monoisotopic (exact) mass is 317 g/mol. The van der Waals surface area contributed by atoms with E-state index in [1.807, 2.05) is 27.0 Å². The second-order valence-corrected chi connectivity index (χ2v) is 5.86. The van der Waals surface area contributed by atoms with Crippen molar-refractivity contribution in [1.29, 1.82) is 0 Å². The van der Waals surface area contributed by atoms with Crippen molar-refractivity contribution >= 4 is 16.9 Å². The van der Waals surface area contributed by atoms with Gasteiger partial charge < -0.3 is 10.2 Å². The fourth-order valence-electron chi connectivity index (χ4n) is 2.89. The van der Waals surface area contributed by atoms with E-state index in [1.165, 1.54) is 0 Å². The third-order valence-corrected chi connectivity index (χ3v) is 4.17. The molecule has 23 heavy (non-hydrogen) atoms. The summed E-state index contributed by atoms with van der Waals surface area (Å²) in [7, 11) is 1.85. The molecular weight excluding hydrogens is 290 g/mol. The van der Waals surface area contributed by atoms with Gasteiger partial charge in [-0.3, -0.25) is 9.48 Å². The van der Waals surface area contributed by atoms with Crippen LogP contribution in [0.4, 0.5) is 0 Å². The number of aromatic nitrogens is 3. The molecule has 2 rings (SSSR count). The standard InChI is InChI=1S/C17H27N5O/c1-6-22(7-2)10-8-9-18-17(23)14-11-12(3)19-16-15(14)13(4)20-21(16)5/h11H,6-10H2,1-5H3,(H,18,23). The largest absolute Gasteiger partial charge is 0.352 e. The lowest BCUT2D eigenvalue weighted by Crippen LogP contribution is -2.30. The summed E-state index contributed by atoms with van der Waals surface area (Å²) in [6.45, 7) is 11.9. The highest BCUT2D eigenvalue weighted by Gasteiger charge is 2.17. The first-order valence-electron chi connectivity index (χ1n) is 8.29. The summed E-state index contributed by atoms with van der Waals surface area (Å²) in [5.74, 6) is -0.0452. The Morgan fingerprint density at radius 3 is 2.65 bits per heavy atom. The molecule has 0 atom stereocenters. The molecule has 0 fully saturated rings. The van der Waals surface area contributed by atoms with Gasteiger partial charge in [0.05, 0.1) is 16.6 Å². The molecule has 0 aromatic carbocycles. The number of aryl methyl sites for hydroxylation is 3. The Hall–Kier alpha value is -1.95. The molecule has 2 aromatic rings. The van der Waals surface area contributed by atoms with Crippen molar-refractivity contribution < 1.29 is 4.79 Å². The van der Waals surface area contributed by atoms with Crippen LogP contribution in [0.2, 0.25) is 0 Å². The van der Waals surface area contributed by atoms with Crippen molar-refractivity contribution in [2.45, 2.75) is 34.1 Å². The summed E-state index contributed by atoms with van der Waals surface area (Å²) >= 11 is 0. The zero-order valence-corrected chi connectivity index (χ0v) is 14.8. The smallest absolute Gasteiger partial charge is 0.252 e. The molecule has 1 N–H and O–H groups in total. The van der Waals surface area contributed by atoms with Crippen LogP contribution in [-0.4, -0.2) is 51.8 Å². The number of nitrogens with one attached hydrogen (secondary N) is 1. The number of fused-ring (bicyclic) bond motifs is 1. The summed E-state index contributed by atoms with van der Waals surface area (Å²) in [5.41, 5.74) is 3.09. The minimum atomic E-state index is -0.0452. The lowest BCUT2D eigenvalue weighted by Gasteiger charge is -2.17. The first kappa shape index (κ1) is 17.4. The van der Waals surface area contributed by atoms with Gasteiger partial charge in [-0.25, -0.2) is 4.98 Å². The molecular formula is C17H27N5O. The molecule has 2 heterocycles. The zero-order chi connectivity index (χ0) is 17.0. The molecule has 0 aliphatic heterocycles. The van der Waals surface area contributed by atoms with Crippen molar-refractivity contribution in [1.82, 2.24) is 25.0 Å². The van der Waals surface area contributed by atoms with Crippen molar-refractivity contribution in [3.8, 4) is 0 Å². The van der Waals surface area contributed by atoms with Crippen molar-refractivity contribution in [3.63, 3.8) is 0 Å². The third kappa shape index (κ3) is 3.88. The Morgan fingerprint density at radius 1 is 1.30 bits per heavy atom. The highest BCUT2D eigenvalue weighted by Crippen LogP contribution is 2.21. The lowest BCUT2D eigenvalue weighted by atomic mass is 10.1. The van der Waals surface area contributed by atoms with Crippen molar-refractivity contribution in [2.24, 2.45) is 7.05 Å². The number of pyridine rings is 1. The van der Waals surface area contributed by atoms with Gasteiger partial charge in [0.15, 0.2) is 5.65 Å². The van der Waals surface area contributed by atoms with Crippen LogP contribution in [0.25, 0.3) is 11.0 Å². The fraction of sp³-hybridized carbons (Fsp3) is 0.588. The Morgan fingerprint density at radius 2 is 2.00 bits per heavy atom. The third-order valence-electron chi connectivity index (χ3n) is 4.17. The molecule has 0 bridgehead atoms. The Bertz CT molecular complexity index is 688. The summed E-state index contributed by atoms with van der Waals surface area (Å²) in [4.78, 5) is 19.4. The maximum absolute atomic E-state index is 12.6. The summed E-state index contributed by atoms with van der Waals surface area (Å²) in [5, 5.41) is 8.26. The molecule has 6 heteroatoms. The SMILES string of the molecule is CCN(CC)CCCNC(=O)c1cc(C)nc2c1c(C)nn2C. The second kappa shape index (κ2) is 7.55. The van der Waals surface area contributed by atoms with Crippen LogP contribution in [0.15, 0.2) is 6.07 Å². The van der Waals surface area contributed by atoms with E-state index >= 15 is 0 Å². The molecule has 0 aliphatic rings. The average molecular weight is 317 g/mol. The van der Waals surface area contributed by atoms with Gasteiger partial charge in [0.1, 0.15) is 0 Å². The summed E-state index contributed by atoms with van der Waals surface area (Å²) in [6.07, 6.45) is 0.951. The molecule has 0 spiro atoms. The van der Waals surface area contributed by atoms with Crippen molar-refractivity contribution in [2.75, 3.05) is 26.2 Å². The molecule has 0 unspecified atom stereocenters. The average Bonchev–Trinajstić information content (AvgIpc) is 2.81. The van der Waals surface area contributed by atoms with Gasteiger partial charge in [-0.2, -0.15) is 5.10 Å². The van der Waals surface area contributed by atoms with Crippen LogP contribution in [-0.2, 0) is 7.05 Å². The number of hydrogen-bond donors (Lipinski definition) is 1. The van der Waals surface area contributed by atoms with E-state index in [4.69, 9.17) is 0 Å². The Balaban J connectivity index is 2.09. The van der Waals surface area contributed by atoms with E-state index < -0.39 is 0 Å². The van der Waals surface area contributed by atoms with Crippen LogP contribution in [0.1, 0.15) is 42.0 Å². The van der Waals surface area contributed by atoms with Gasteiger partial charge in [0.25, 0.3) is 5.91 Å². The summed E-state index contributed by atoms with van der Waals surface area (Å²) < 4.78 is 1.73. The number of carbonyl (C=O) groups is 1. The number of carbonyl (C=O) groups excluding carboxylic acids is 1. The van der Waals surface area contributed by atoms with E-state index in [1.54, 1.807) is 4.68 Å². The van der Waals surface area contributed by atoms with E-state index in [2.05, 4.69) is 34.1 Å². The highest BCUT2D eigenvalue weighted by molar-refractivity contribution is 6.06. The number of hydrogen-bond acceptors (Lipinski definition) is 4. The second-order valence-electron chi connectivity index (χ2n) is 5.86. The van der Waals surface area contributed by atoms with Crippen LogP contribution in [0, 0.1) is 13.8 Å². The molecule has 1 amide bonds. The Labute approximate surface area is 137 Å². The normalized spacial score (nSPS) is 11.4. The van der Waals surface area contributed by atoms with Crippen LogP contribution < -0.4 is 5.32 Å². The predicted octanol–water partition coefficient (Wildman–Crippen LogP) is 2.05. The molecule has 2 aromatic heterocycles. The predicted molar refractivity (Wildman–Crippen MR) is 92.7 cm³/mol. The number of rotatable bonds is 7. The minimum Gasteiger partial charge on any atom is -0.352 e. The first-order valence-corrected chi connectivity index (χ1v) is 8.29. The number of nitrogens with zero attached hydrogens (tertiary/aromatic N) is 4. The van der Waals surface area contributed by atoms with Crippen LogP contribution >= 0.6 is 0 Å². The van der Waals surface area contributed by atoms with Gasteiger partial charge in [0, 0.05) is 19.3 Å². The van der Waals surface area contributed by atoms with Crippen LogP contribution in [0.3, 0.4) is 0 Å². The molecule has 6 nitrogen and oxygen atoms in total. The zero-order valence-electron chi connectivity index (χ0n) is 14.8. The highest BCUT2D eigenvalue weighted by atomic mass is 16.1. The van der Waals surface area contributed by atoms with Gasteiger partial charge in [-0.05, 0) is 46.0 Å². The molecule has 0 saturated carbocycles. The molecule has 0 radical (unpaired) electrons. The Kier molecular flexibility index (Phi) is 5.71. The van der Waals surface area contributed by atoms with Gasteiger partial charge >= 0.3 is 0 Å². The maximum Gasteiger partial charge on any atom is 0.252 e. The van der Waals surface area contributed by atoms with Crippen LogP contribution in [0.5, 0.6) is 0 Å². The van der Waals surface area contributed by atoms with E-state index in [9.17, 15) is 4.79 Å². The number of amides is 1. The molecule has 0 aliphatic carbocycles. The van der Waals surface area contributed by atoms with Gasteiger partial charge in [-0.15, -0.1) is 0 Å². The minimum absolute atomic E-state index is 0.0452.